The van der Waals surface area contributed by atoms with Crippen LogP contribution in [0.25, 0.3) is 0 Å². The molecule has 0 N–H and O–H groups in total. The number of rotatable bonds is 5. The Labute approximate surface area is 98.3 Å². The first kappa shape index (κ1) is 13.2. The highest BCUT2D eigenvalue weighted by atomic mass is 19.1. The minimum Gasteiger partial charge on any atom is -0.497 e. The molecule has 0 bridgehead atoms. The van der Waals surface area contributed by atoms with Gasteiger partial charge in [-0.3, -0.25) is 9.59 Å². The first-order chi connectivity index (χ1) is 8.08. The van der Waals surface area contributed by atoms with Crippen molar-refractivity contribution in [3.63, 3.8) is 0 Å². The molecule has 0 radical (unpaired) electrons. The van der Waals surface area contributed by atoms with Gasteiger partial charge in [-0.1, -0.05) is 0 Å². The van der Waals surface area contributed by atoms with Gasteiger partial charge in [-0.25, -0.2) is 4.39 Å². The second-order valence-corrected chi connectivity index (χ2v) is 3.25. The molecule has 0 unspecified atom stereocenters. The molecule has 0 aliphatic rings. The van der Waals surface area contributed by atoms with Gasteiger partial charge in [0.15, 0.2) is 5.78 Å². The van der Waals surface area contributed by atoms with Crippen LogP contribution < -0.4 is 4.74 Å². The molecule has 92 valence electrons. The minimum absolute atomic E-state index is 0.169. The molecule has 0 heterocycles. The van der Waals surface area contributed by atoms with Gasteiger partial charge in [0.05, 0.1) is 19.3 Å². The second-order valence-electron chi connectivity index (χ2n) is 3.25. The first-order valence-corrected chi connectivity index (χ1v) is 5.10. The Balaban J connectivity index is 2.84. The summed E-state index contributed by atoms with van der Waals surface area (Å²) in [5, 5.41) is 0. The Morgan fingerprint density at radius 1 is 1.35 bits per heavy atom. The van der Waals surface area contributed by atoms with Gasteiger partial charge < -0.3 is 9.47 Å². The van der Waals surface area contributed by atoms with E-state index < -0.39 is 24.0 Å². The van der Waals surface area contributed by atoms with Crippen molar-refractivity contribution in [3.05, 3.63) is 29.6 Å². The van der Waals surface area contributed by atoms with Gasteiger partial charge in [0.1, 0.15) is 18.0 Å². The molecule has 4 nitrogen and oxygen atoms in total. The summed E-state index contributed by atoms with van der Waals surface area (Å²) in [7, 11) is 1.41. The van der Waals surface area contributed by atoms with Gasteiger partial charge in [-0.15, -0.1) is 0 Å². The van der Waals surface area contributed by atoms with E-state index in [0.717, 1.165) is 6.07 Å². The maximum absolute atomic E-state index is 13.4. The van der Waals surface area contributed by atoms with Crippen LogP contribution in [0.15, 0.2) is 18.2 Å². The van der Waals surface area contributed by atoms with E-state index in [0.29, 0.717) is 5.75 Å². The Bertz CT molecular complexity index is 429. The Kier molecular flexibility index (Phi) is 4.63. The van der Waals surface area contributed by atoms with Crippen LogP contribution in [-0.4, -0.2) is 25.5 Å². The standard InChI is InChI=1S/C12H13FO4/c1-3-17-12(15)7-11(14)9-6-8(16-2)4-5-10(9)13/h4-6H,3,7H2,1-2H3. The molecule has 0 fully saturated rings. The summed E-state index contributed by atoms with van der Waals surface area (Å²) in [4.78, 5) is 22.7. The molecule has 5 heteroatoms. The van der Waals surface area contributed by atoms with Crippen LogP contribution >= 0.6 is 0 Å². The highest BCUT2D eigenvalue weighted by Gasteiger charge is 2.17. The zero-order chi connectivity index (χ0) is 12.8. The summed E-state index contributed by atoms with van der Waals surface area (Å²) in [5.74, 6) is -1.61. The Hall–Kier alpha value is -1.91. The highest BCUT2D eigenvalue weighted by molar-refractivity contribution is 6.06. The van der Waals surface area contributed by atoms with Crippen LogP contribution in [0.3, 0.4) is 0 Å². The van der Waals surface area contributed by atoms with Gasteiger partial charge >= 0.3 is 5.97 Å². The Morgan fingerprint density at radius 2 is 2.06 bits per heavy atom. The van der Waals surface area contributed by atoms with Crippen molar-refractivity contribution in [1.82, 2.24) is 0 Å². The fourth-order valence-corrected chi connectivity index (χ4v) is 1.28. The SMILES string of the molecule is CCOC(=O)CC(=O)c1cc(OC)ccc1F. The smallest absolute Gasteiger partial charge is 0.313 e. The number of ether oxygens (including phenoxy) is 2. The van der Waals surface area contributed by atoms with Gasteiger partial charge in [-0.2, -0.15) is 0 Å². The largest absolute Gasteiger partial charge is 0.497 e. The van der Waals surface area contributed by atoms with Gasteiger partial charge in [0, 0.05) is 0 Å². The number of methoxy groups -OCH3 is 1. The van der Waals surface area contributed by atoms with E-state index in [1.165, 1.54) is 19.2 Å². The number of esters is 1. The predicted molar refractivity (Wildman–Crippen MR) is 58.5 cm³/mol. The van der Waals surface area contributed by atoms with Crippen molar-refractivity contribution in [1.29, 1.82) is 0 Å². The quantitative estimate of drug-likeness (QED) is 0.448. The van der Waals surface area contributed by atoms with Crippen molar-refractivity contribution < 1.29 is 23.5 Å². The van der Waals surface area contributed by atoms with Crippen LogP contribution in [0, 0.1) is 5.82 Å². The molecule has 1 aromatic carbocycles. The van der Waals surface area contributed by atoms with E-state index in [1.807, 2.05) is 0 Å². The number of carbonyl (C=O) groups is 2. The lowest BCUT2D eigenvalue weighted by Gasteiger charge is -2.05. The zero-order valence-electron chi connectivity index (χ0n) is 9.66. The molecule has 0 amide bonds. The van der Waals surface area contributed by atoms with E-state index in [2.05, 4.69) is 4.74 Å². The number of carbonyl (C=O) groups excluding carboxylic acids is 2. The van der Waals surface area contributed by atoms with Crippen LogP contribution in [0.4, 0.5) is 4.39 Å². The number of hydrogen-bond donors (Lipinski definition) is 0. The third-order valence-corrected chi connectivity index (χ3v) is 2.08. The van der Waals surface area contributed by atoms with E-state index in [9.17, 15) is 14.0 Å². The Morgan fingerprint density at radius 3 is 2.65 bits per heavy atom. The fourth-order valence-electron chi connectivity index (χ4n) is 1.28. The molecule has 0 aliphatic carbocycles. The average molecular weight is 240 g/mol. The van der Waals surface area contributed by atoms with E-state index >= 15 is 0 Å². The normalized spacial score (nSPS) is 9.82. The van der Waals surface area contributed by atoms with Crippen molar-refractivity contribution >= 4 is 11.8 Å². The summed E-state index contributed by atoms with van der Waals surface area (Å²) < 4.78 is 22.9. The monoisotopic (exact) mass is 240 g/mol. The molecular formula is C12H13FO4. The second kappa shape index (κ2) is 5.98. The maximum atomic E-state index is 13.4. The van der Waals surface area contributed by atoms with E-state index in [1.54, 1.807) is 6.92 Å². The minimum atomic E-state index is -0.680. The highest BCUT2D eigenvalue weighted by Crippen LogP contribution is 2.18. The lowest BCUT2D eigenvalue weighted by Crippen LogP contribution is -2.12. The molecule has 0 saturated heterocycles. The van der Waals surface area contributed by atoms with Crippen LogP contribution in [0.5, 0.6) is 5.75 Å². The molecule has 17 heavy (non-hydrogen) atoms. The van der Waals surface area contributed by atoms with Crippen molar-refractivity contribution in [2.45, 2.75) is 13.3 Å². The molecule has 1 aromatic rings. The van der Waals surface area contributed by atoms with Crippen LogP contribution in [0.1, 0.15) is 23.7 Å². The third kappa shape index (κ3) is 3.55. The number of hydrogen-bond acceptors (Lipinski definition) is 4. The summed E-state index contributed by atoms with van der Waals surface area (Å²) >= 11 is 0. The molecule has 0 atom stereocenters. The van der Waals surface area contributed by atoms with Crippen molar-refractivity contribution in [2.24, 2.45) is 0 Å². The van der Waals surface area contributed by atoms with E-state index in [4.69, 9.17) is 4.74 Å². The zero-order valence-corrected chi connectivity index (χ0v) is 9.66. The van der Waals surface area contributed by atoms with Crippen molar-refractivity contribution in [3.8, 4) is 5.75 Å². The average Bonchev–Trinajstić information content (AvgIpc) is 2.29. The van der Waals surface area contributed by atoms with Crippen molar-refractivity contribution in [2.75, 3.05) is 13.7 Å². The summed E-state index contributed by atoms with van der Waals surface area (Å²) in [5.41, 5.74) is -0.169. The third-order valence-electron chi connectivity index (χ3n) is 2.08. The molecule has 0 aliphatic heterocycles. The first-order valence-electron chi connectivity index (χ1n) is 5.10. The lowest BCUT2D eigenvalue weighted by atomic mass is 10.1. The topological polar surface area (TPSA) is 52.6 Å². The van der Waals surface area contributed by atoms with Crippen LogP contribution in [0.2, 0.25) is 0 Å². The molecule has 0 spiro atoms. The van der Waals surface area contributed by atoms with Crippen LogP contribution in [-0.2, 0) is 9.53 Å². The fraction of sp³-hybridized carbons (Fsp3) is 0.333. The summed E-state index contributed by atoms with van der Waals surface area (Å²) in [6, 6.07) is 3.78. The van der Waals surface area contributed by atoms with E-state index in [-0.39, 0.29) is 12.2 Å². The van der Waals surface area contributed by atoms with Gasteiger partial charge in [0.25, 0.3) is 0 Å². The molecule has 0 saturated carbocycles. The number of halogens is 1. The lowest BCUT2D eigenvalue weighted by molar-refractivity contribution is -0.141. The number of benzene rings is 1. The molecule has 1 rings (SSSR count). The molecular weight excluding hydrogens is 227 g/mol. The van der Waals surface area contributed by atoms with Gasteiger partial charge in [0.2, 0.25) is 0 Å². The summed E-state index contributed by atoms with van der Waals surface area (Å²) in [6.45, 7) is 1.82. The van der Waals surface area contributed by atoms with Gasteiger partial charge in [-0.05, 0) is 25.1 Å². The summed E-state index contributed by atoms with van der Waals surface area (Å²) in [6.07, 6.45) is -0.474. The molecule has 0 aromatic heterocycles. The number of ketones is 1. The predicted octanol–water partition coefficient (Wildman–Crippen LogP) is 1.97. The maximum Gasteiger partial charge on any atom is 0.313 e. The number of Topliss-reactive ketones (excluding diaryl/α,β-unsaturated/α-hetero) is 1.